The number of rotatable bonds is 2. The maximum absolute atomic E-state index is 11.8. The molecule has 0 saturated carbocycles. The van der Waals surface area contributed by atoms with E-state index in [0.29, 0.717) is 0 Å². The number of hydrogen-bond acceptors (Lipinski definition) is 2. The summed E-state index contributed by atoms with van der Waals surface area (Å²) in [6, 6.07) is 3.65. The molecular weight excluding hydrogens is 188 g/mol. The van der Waals surface area contributed by atoms with E-state index in [2.05, 4.69) is 10.3 Å². The molecule has 0 aromatic carbocycles. The van der Waals surface area contributed by atoms with Gasteiger partial charge in [0, 0.05) is 11.8 Å². The highest BCUT2D eigenvalue weighted by molar-refractivity contribution is 6.03. The molecule has 1 heterocycles. The van der Waals surface area contributed by atoms with Crippen molar-refractivity contribution in [1.82, 2.24) is 4.98 Å². The minimum Gasteiger partial charge on any atom is -0.321 e. The van der Waals surface area contributed by atoms with Crippen LogP contribution in [0, 0.1) is 0 Å². The standard InChI is InChI=1S/C12H14N2O/c15-12(10-5-2-1-3-6-10)14-11-7-4-8-13-9-11/h4-5,7-9H,1-3,6H2,(H,14,15). The Bertz CT molecular complexity index is 370. The summed E-state index contributed by atoms with van der Waals surface area (Å²) in [5.41, 5.74) is 1.67. The van der Waals surface area contributed by atoms with Crippen LogP contribution in [-0.2, 0) is 4.79 Å². The van der Waals surface area contributed by atoms with Crippen molar-refractivity contribution >= 4 is 11.6 Å². The van der Waals surface area contributed by atoms with Crippen LogP contribution in [0.15, 0.2) is 36.2 Å². The molecule has 1 N–H and O–H groups in total. The molecule has 1 aliphatic rings. The summed E-state index contributed by atoms with van der Waals surface area (Å²) in [5.74, 6) is 0.0164. The Balaban J connectivity index is 2.00. The van der Waals surface area contributed by atoms with E-state index in [-0.39, 0.29) is 5.91 Å². The van der Waals surface area contributed by atoms with Crippen LogP contribution in [0.1, 0.15) is 25.7 Å². The molecule has 0 unspecified atom stereocenters. The molecule has 15 heavy (non-hydrogen) atoms. The largest absolute Gasteiger partial charge is 0.321 e. The number of pyridine rings is 1. The number of anilines is 1. The van der Waals surface area contributed by atoms with Crippen molar-refractivity contribution in [3.8, 4) is 0 Å². The summed E-state index contributed by atoms with van der Waals surface area (Å²) in [5, 5.41) is 2.84. The second-order valence-corrected chi connectivity index (χ2v) is 3.67. The molecule has 0 bridgehead atoms. The molecule has 0 aliphatic heterocycles. The van der Waals surface area contributed by atoms with E-state index in [0.717, 1.165) is 30.5 Å². The Morgan fingerprint density at radius 3 is 3.00 bits per heavy atom. The number of allylic oxidation sites excluding steroid dienone is 1. The Labute approximate surface area is 89.2 Å². The predicted molar refractivity (Wildman–Crippen MR) is 59.4 cm³/mol. The van der Waals surface area contributed by atoms with Gasteiger partial charge in [0.15, 0.2) is 0 Å². The lowest BCUT2D eigenvalue weighted by Crippen LogP contribution is -2.15. The van der Waals surface area contributed by atoms with Crippen molar-refractivity contribution < 1.29 is 4.79 Å². The van der Waals surface area contributed by atoms with Crippen molar-refractivity contribution in [3.05, 3.63) is 36.2 Å². The molecular formula is C12H14N2O. The van der Waals surface area contributed by atoms with E-state index in [1.54, 1.807) is 12.4 Å². The summed E-state index contributed by atoms with van der Waals surface area (Å²) in [6.45, 7) is 0. The zero-order valence-electron chi connectivity index (χ0n) is 8.57. The lowest BCUT2D eigenvalue weighted by Gasteiger charge is -2.12. The van der Waals surface area contributed by atoms with Gasteiger partial charge < -0.3 is 5.32 Å². The van der Waals surface area contributed by atoms with Gasteiger partial charge in [0.25, 0.3) is 5.91 Å². The second kappa shape index (κ2) is 4.73. The third kappa shape index (κ3) is 2.65. The van der Waals surface area contributed by atoms with Crippen LogP contribution in [0.2, 0.25) is 0 Å². The summed E-state index contributed by atoms with van der Waals surface area (Å²) >= 11 is 0. The van der Waals surface area contributed by atoms with Crippen LogP contribution in [-0.4, -0.2) is 10.9 Å². The molecule has 78 valence electrons. The van der Waals surface area contributed by atoms with Gasteiger partial charge in [0.2, 0.25) is 0 Å². The van der Waals surface area contributed by atoms with Crippen LogP contribution in [0.4, 0.5) is 5.69 Å². The Hall–Kier alpha value is -1.64. The van der Waals surface area contributed by atoms with Crippen LogP contribution < -0.4 is 5.32 Å². The van der Waals surface area contributed by atoms with Gasteiger partial charge in [0.1, 0.15) is 0 Å². The van der Waals surface area contributed by atoms with Gasteiger partial charge in [-0.25, -0.2) is 0 Å². The van der Waals surface area contributed by atoms with Crippen molar-refractivity contribution in [3.63, 3.8) is 0 Å². The number of hydrogen-bond donors (Lipinski definition) is 1. The number of nitrogens with one attached hydrogen (secondary N) is 1. The van der Waals surface area contributed by atoms with Crippen LogP contribution in [0.3, 0.4) is 0 Å². The smallest absolute Gasteiger partial charge is 0.251 e. The topological polar surface area (TPSA) is 42.0 Å². The first-order chi connectivity index (χ1) is 7.36. The number of carbonyl (C=O) groups excluding carboxylic acids is 1. The first kappa shape index (κ1) is 9.90. The average Bonchev–Trinajstić information content (AvgIpc) is 2.31. The first-order valence-corrected chi connectivity index (χ1v) is 5.27. The van der Waals surface area contributed by atoms with Gasteiger partial charge in [-0.05, 0) is 37.8 Å². The maximum atomic E-state index is 11.8. The number of aromatic nitrogens is 1. The molecule has 0 atom stereocenters. The van der Waals surface area contributed by atoms with Gasteiger partial charge in [-0.1, -0.05) is 6.08 Å². The molecule has 0 saturated heterocycles. The third-order valence-corrected chi connectivity index (χ3v) is 2.50. The monoisotopic (exact) mass is 202 g/mol. The highest BCUT2D eigenvalue weighted by atomic mass is 16.1. The number of carbonyl (C=O) groups is 1. The zero-order chi connectivity index (χ0) is 10.5. The molecule has 0 spiro atoms. The van der Waals surface area contributed by atoms with Gasteiger partial charge in [0.05, 0.1) is 11.9 Å². The number of amides is 1. The molecule has 1 aliphatic carbocycles. The van der Waals surface area contributed by atoms with Crippen LogP contribution in [0.25, 0.3) is 0 Å². The molecule has 0 radical (unpaired) electrons. The Morgan fingerprint density at radius 1 is 1.40 bits per heavy atom. The lowest BCUT2D eigenvalue weighted by molar-refractivity contribution is -0.113. The fourth-order valence-electron chi connectivity index (χ4n) is 1.69. The fraction of sp³-hybridized carbons (Fsp3) is 0.333. The summed E-state index contributed by atoms with van der Waals surface area (Å²) in [7, 11) is 0. The van der Waals surface area contributed by atoms with Crippen LogP contribution in [0.5, 0.6) is 0 Å². The maximum Gasteiger partial charge on any atom is 0.251 e. The van der Waals surface area contributed by atoms with Crippen LogP contribution >= 0.6 is 0 Å². The number of nitrogens with zero attached hydrogens (tertiary/aromatic N) is 1. The highest BCUT2D eigenvalue weighted by Crippen LogP contribution is 2.18. The van der Waals surface area contributed by atoms with E-state index >= 15 is 0 Å². The molecule has 2 rings (SSSR count). The first-order valence-electron chi connectivity index (χ1n) is 5.27. The van der Waals surface area contributed by atoms with E-state index in [4.69, 9.17) is 0 Å². The SMILES string of the molecule is O=C(Nc1cccnc1)C1=CCCCC1. The third-order valence-electron chi connectivity index (χ3n) is 2.50. The molecule has 3 nitrogen and oxygen atoms in total. The molecule has 0 fully saturated rings. The predicted octanol–water partition coefficient (Wildman–Crippen LogP) is 2.52. The second-order valence-electron chi connectivity index (χ2n) is 3.67. The van der Waals surface area contributed by atoms with Crippen molar-refractivity contribution in [1.29, 1.82) is 0 Å². The van der Waals surface area contributed by atoms with Gasteiger partial charge in [-0.3, -0.25) is 9.78 Å². The minimum absolute atomic E-state index is 0.0164. The summed E-state index contributed by atoms with van der Waals surface area (Å²) < 4.78 is 0. The Morgan fingerprint density at radius 2 is 2.33 bits per heavy atom. The van der Waals surface area contributed by atoms with Crippen molar-refractivity contribution in [2.45, 2.75) is 25.7 Å². The van der Waals surface area contributed by atoms with E-state index < -0.39 is 0 Å². The molecule has 1 aromatic heterocycles. The van der Waals surface area contributed by atoms with Gasteiger partial charge >= 0.3 is 0 Å². The van der Waals surface area contributed by atoms with Crippen molar-refractivity contribution in [2.75, 3.05) is 5.32 Å². The van der Waals surface area contributed by atoms with Gasteiger partial charge in [-0.2, -0.15) is 0 Å². The van der Waals surface area contributed by atoms with E-state index in [1.807, 2.05) is 18.2 Å². The van der Waals surface area contributed by atoms with E-state index in [1.165, 1.54) is 6.42 Å². The molecule has 1 aromatic rings. The Kier molecular flexibility index (Phi) is 3.12. The quantitative estimate of drug-likeness (QED) is 0.800. The summed E-state index contributed by atoms with van der Waals surface area (Å²) in [6.07, 6.45) is 9.61. The minimum atomic E-state index is 0.0164. The summed E-state index contributed by atoms with van der Waals surface area (Å²) in [4.78, 5) is 15.7. The highest BCUT2D eigenvalue weighted by Gasteiger charge is 2.11. The van der Waals surface area contributed by atoms with Crippen molar-refractivity contribution in [2.24, 2.45) is 0 Å². The molecule has 3 heteroatoms. The van der Waals surface area contributed by atoms with E-state index in [9.17, 15) is 4.79 Å². The normalized spacial score (nSPS) is 15.6. The lowest BCUT2D eigenvalue weighted by atomic mass is 9.99. The molecule has 1 amide bonds. The zero-order valence-corrected chi connectivity index (χ0v) is 8.57. The van der Waals surface area contributed by atoms with Gasteiger partial charge in [-0.15, -0.1) is 0 Å². The fourth-order valence-corrected chi connectivity index (χ4v) is 1.69. The average molecular weight is 202 g/mol.